The molecular formula is C14H24O2. The van der Waals surface area contributed by atoms with Crippen molar-refractivity contribution in [1.29, 1.82) is 0 Å². The van der Waals surface area contributed by atoms with Crippen LogP contribution < -0.4 is 0 Å². The monoisotopic (exact) mass is 224 g/mol. The third-order valence-corrected chi connectivity index (χ3v) is 2.80. The lowest BCUT2D eigenvalue weighted by molar-refractivity contribution is -0.146. The molecule has 2 heteroatoms. The molecule has 0 aromatic carbocycles. The Morgan fingerprint density at radius 1 is 1.19 bits per heavy atom. The predicted molar refractivity (Wildman–Crippen MR) is 67.2 cm³/mol. The van der Waals surface area contributed by atoms with Gasteiger partial charge in [0.2, 0.25) is 0 Å². The summed E-state index contributed by atoms with van der Waals surface area (Å²) in [4.78, 5) is 24.5. The van der Waals surface area contributed by atoms with Gasteiger partial charge in [0.15, 0.2) is 5.78 Å². The van der Waals surface area contributed by atoms with Crippen molar-refractivity contribution >= 4 is 11.6 Å². The number of carbonyl (C=O) groups is 2. The molecule has 0 aliphatic carbocycles. The fourth-order valence-corrected chi connectivity index (χ4v) is 2.06. The normalized spacial score (nSPS) is 15.7. The highest BCUT2D eigenvalue weighted by molar-refractivity contribution is 6.09. The minimum atomic E-state index is -0.922. The zero-order valence-electron chi connectivity index (χ0n) is 11.4. The maximum Gasteiger partial charge on any atom is 0.151 e. The lowest BCUT2D eigenvalue weighted by Crippen LogP contribution is -2.44. The Bertz CT molecular complexity index is 294. The first kappa shape index (κ1) is 15.1. The van der Waals surface area contributed by atoms with E-state index in [-0.39, 0.29) is 17.5 Å². The van der Waals surface area contributed by atoms with E-state index >= 15 is 0 Å². The van der Waals surface area contributed by atoms with Gasteiger partial charge in [-0.3, -0.25) is 9.59 Å². The fraction of sp³-hybridized carbons (Fsp3) is 0.714. The number of allylic oxidation sites excluding steroid dienone is 1. The van der Waals surface area contributed by atoms with Gasteiger partial charge in [0.05, 0.1) is 5.41 Å². The average Bonchev–Trinajstić information content (AvgIpc) is 2.14. The van der Waals surface area contributed by atoms with Gasteiger partial charge in [-0.1, -0.05) is 40.7 Å². The SMILES string of the molecule is C=CCC(C)(C(=O)C(C)C)C(=O)C(C)(C)C. The molecule has 0 fully saturated rings. The summed E-state index contributed by atoms with van der Waals surface area (Å²) in [7, 11) is 0. The number of Topliss-reactive ketones (excluding diaryl/α,β-unsaturated/α-hetero) is 2. The van der Waals surface area contributed by atoms with Crippen LogP contribution in [0, 0.1) is 16.7 Å². The van der Waals surface area contributed by atoms with Gasteiger partial charge in [0.1, 0.15) is 5.78 Å². The van der Waals surface area contributed by atoms with Crippen molar-refractivity contribution in [3.63, 3.8) is 0 Å². The molecule has 0 saturated carbocycles. The van der Waals surface area contributed by atoms with Crippen molar-refractivity contribution < 1.29 is 9.59 Å². The first-order valence-corrected chi connectivity index (χ1v) is 5.77. The Morgan fingerprint density at radius 2 is 1.62 bits per heavy atom. The lowest BCUT2D eigenvalue weighted by Gasteiger charge is -2.33. The van der Waals surface area contributed by atoms with Crippen LogP contribution in [-0.2, 0) is 9.59 Å². The van der Waals surface area contributed by atoms with E-state index in [0.29, 0.717) is 6.42 Å². The van der Waals surface area contributed by atoms with Gasteiger partial charge < -0.3 is 0 Å². The molecule has 0 aliphatic heterocycles. The number of rotatable bonds is 5. The summed E-state index contributed by atoms with van der Waals surface area (Å²) in [5.41, 5.74) is -1.42. The smallest absolute Gasteiger partial charge is 0.151 e. The van der Waals surface area contributed by atoms with E-state index in [0.717, 1.165) is 0 Å². The first-order valence-electron chi connectivity index (χ1n) is 5.77. The fourth-order valence-electron chi connectivity index (χ4n) is 2.06. The Balaban J connectivity index is 5.35. The van der Waals surface area contributed by atoms with E-state index in [9.17, 15) is 9.59 Å². The van der Waals surface area contributed by atoms with Crippen molar-refractivity contribution in [1.82, 2.24) is 0 Å². The molecule has 0 spiro atoms. The van der Waals surface area contributed by atoms with E-state index in [2.05, 4.69) is 6.58 Å². The maximum absolute atomic E-state index is 12.4. The third kappa shape index (κ3) is 3.03. The van der Waals surface area contributed by atoms with Gasteiger partial charge in [-0.2, -0.15) is 0 Å². The van der Waals surface area contributed by atoms with E-state index in [1.807, 2.05) is 34.6 Å². The Morgan fingerprint density at radius 3 is 1.88 bits per heavy atom. The second kappa shape index (κ2) is 4.94. The van der Waals surface area contributed by atoms with E-state index in [4.69, 9.17) is 0 Å². The van der Waals surface area contributed by atoms with E-state index in [1.165, 1.54) is 0 Å². The summed E-state index contributed by atoms with van der Waals surface area (Å²) in [5, 5.41) is 0. The zero-order chi connectivity index (χ0) is 13.1. The highest BCUT2D eigenvalue weighted by atomic mass is 16.2. The van der Waals surface area contributed by atoms with Gasteiger partial charge in [0, 0.05) is 11.3 Å². The molecule has 16 heavy (non-hydrogen) atoms. The van der Waals surface area contributed by atoms with E-state index < -0.39 is 10.8 Å². The van der Waals surface area contributed by atoms with Crippen LogP contribution in [0.1, 0.15) is 48.0 Å². The zero-order valence-corrected chi connectivity index (χ0v) is 11.4. The van der Waals surface area contributed by atoms with Gasteiger partial charge in [-0.25, -0.2) is 0 Å². The van der Waals surface area contributed by atoms with Crippen molar-refractivity contribution in [3.05, 3.63) is 12.7 Å². The van der Waals surface area contributed by atoms with Gasteiger partial charge in [-0.15, -0.1) is 6.58 Å². The van der Waals surface area contributed by atoms with Crippen molar-refractivity contribution in [2.45, 2.75) is 48.0 Å². The summed E-state index contributed by atoms with van der Waals surface area (Å²) < 4.78 is 0. The van der Waals surface area contributed by atoms with Crippen molar-refractivity contribution in [2.75, 3.05) is 0 Å². The minimum absolute atomic E-state index is 0.00130. The van der Waals surface area contributed by atoms with Crippen molar-refractivity contribution in [3.8, 4) is 0 Å². The highest BCUT2D eigenvalue weighted by Gasteiger charge is 2.45. The summed E-state index contributed by atoms with van der Waals surface area (Å²) in [6.45, 7) is 14.6. The topological polar surface area (TPSA) is 34.1 Å². The Labute approximate surface area is 99.1 Å². The molecule has 0 aliphatic rings. The third-order valence-electron chi connectivity index (χ3n) is 2.80. The number of ketones is 2. The largest absolute Gasteiger partial charge is 0.298 e. The molecule has 92 valence electrons. The van der Waals surface area contributed by atoms with Crippen LogP contribution in [0.15, 0.2) is 12.7 Å². The van der Waals surface area contributed by atoms with Crippen LogP contribution in [0.4, 0.5) is 0 Å². The first-order chi connectivity index (χ1) is 7.07. The molecule has 1 atom stereocenters. The summed E-state index contributed by atoms with van der Waals surface area (Å²) in [5.74, 6) is -0.123. The number of hydrogen-bond donors (Lipinski definition) is 0. The van der Waals surface area contributed by atoms with Crippen LogP contribution in [0.25, 0.3) is 0 Å². The van der Waals surface area contributed by atoms with Crippen LogP contribution >= 0.6 is 0 Å². The quantitative estimate of drug-likeness (QED) is 0.530. The van der Waals surface area contributed by atoms with Crippen LogP contribution in [0.5, 0.6) is 0 Å². The summed E-state index contributed by atoms with van der Waals surface area (Å²) >= 11 is 0. The molecule has 0 rings (SSSR count). The van der Waals surface area contributed by atoms with E-state index in [1.54, 1.807) is 13.0 Å². The number of hydrogen-bond acceptors (Lipinski definition) is 2. The maximum atomic E-state index is 12.4. The second-order valence-electron chi connectivity index (χ2n) is 5.92. The molecule has 0 amide bonds. The van der Waals surface area contributed by atoms with Crippen LogP contribution in [0.3, 0.4) is 0 Å². The number of carbonyl (C=O) groups excluding carboxylic acids is 2. The Hall–Kier alpha value is -0.920. The van der Waals surface area contributed by atoms with Gasteiger partial charge in [-0.05, 0) is 13.3 Å². The molecular weight excluding hydrogens is 200 g/mol. The molecule has 0 radical (unpaired) electrons. The average molecular weight is 224 g/mol. The summed E-state index contributed by atoms with van der Waals surface area (Å²) in [6, 6.07) is 0. The van der Waals surface area contributed by atoms with Gasteiger partial charge >= 0.3 is 0 Å². The van der Waals surface area contributed by atoms with Crippen LogP contribution in [0.2, 0.25) is 0 Å². The molecule has 0 saturated heterocycles. The molecule has 2 nitrogen and oxygen atoms in total. The lowest BCUT2D eigenvalue weighted by atomic mass is 9.67. The molecule has 0 aromatic rings. The molecule has 0 N–H and O–H groups in total. The van der Waals surface area contributed by atoms with Gasteiger partial charge in [0.25, 0.3) is 0 Å². The van der Waals surface area contributed by atoms with Crippen LogP contribution in [-0.4, -0.2) is 11.6 Å². The predicted octanol–water partition coefficient (Wildman–Crippen LogP) is 3.41. The second-order valence-corrected chi connectivity index (χ2v) is 5.92. The standard InChI is InChI=1S/C14H24O2/c1-8-9-14(7,11(15)10(2)3)12(16)13(4,5)6/h8,10H,1,9H2,2-7H3. The molecule has 1 unspecified atom stereocenters. The summed E-state index contributed by atoms with van der Waals surface area (Å²) in [6.07, 6.45) is 2.07. The Kier molecular flexibility index (Phi) is 4.66. The molecule has 0 bridgehead atoms. The van der Waals surface area contributed by atoms with Crippen molar-refractivity contribution in [2.24, 2.45) is 16.7 Å². The highest BCUT2D eigenvalue weighted by Crippen LogP contribution is 2.35. The molecule has 0 aromatic heterocycles. The molecule has 0 heterocycles. The minimum Gasteiger partial charge on any atom is -0.298 e.